The van der Waals surface area contributed by atoms with Gasteiger partial charge >= 0.3 is 5.97 Å². The third kappa shape index (κ3) is 16.3. The molecule has 3 aromatic carbocycles. The van der Waals surface area contributed by atoms with Crippen LogP contribution in [0.1, 0.15) is 165 Å². The molecule has 0 fully saturated rings. The number of carbonyl (C=O) groups excluding carboxylic acids is 1. The summed E-state index contributed by atoms with van der Waals surface area (Å²) in [5.41, 5.74) is 3.87. The van der Waals surface area contributed by atoms with E-state index in [-0.39, 0.29) is 12.1 Å². The molecule has 3 aromatic rings. The molecule has 0 N–H and O–H groups in total. The van der Waals surface area contributed by atoms with E-state index in [9.17, 15) is 4.79 Å². The minimum absolute atomic E-state index is 0.0780. The number of hydrogen-bond acceptors (Lipinski definition) is 4. The number of rotatable bonds is 27. The Hall–Kier alpha value is -3.11. The van der Waals surface area contributed by atoms with Crippen molar-refractivity contribution in [3.63, 3.8) is 0 Å². The fourth-order valence-corrected chi connectivity index (χ4v) is 6.10. The van der Waals surface area contributed by atoms with Gasteiger partial charge in [0.25, 0.3) is 0 Å². The predicted molar refractivity (Wildman–Crippen MR) is 202 cm³/mol. The van der Waals surface area contributed by atoms with Crippen molar-refractivity contribution in [2.24, 2.45) is 0 Å². The standard InChI is InChI=1S/C44H64O4/c1-4-6-7-8-9-10-11-12-13-14-15-16-17-18-19-20-21-22-36-46-37(3)38-23-25-39(26-24-38)40-27-29-41(30-28-40)44(45)48-43-33-31-42(32-34-43)47-35-5-2/h23-34,37H,4-22,35-36H2,1-3H3. The lowest BCUT2D eigenvalue weighted by Crippen LogP contribution is -2.08. The molecule has 3 rings (SSSR count). The molecule has 0 aliphatic carbocycles. The summed E-state index contributed by atoms with van der Waals surface area (Å²) in [4.78, 5) is 12.6. The maximum atomic E-state index is 12.6. The van der Waals surface area contributed by atoms with Gasteiger partial charge in [0.15, 0.2) is 0 Å². The van der Waals surface area contributed by atoms with E-state index in [0.29, 0.717) is 17.9 Å². The quantitative estimate of drug-likeness (QED) is 0.0465. The zero-order valence-electron chi connectivity index (χ0n) is 30.5. The summed E-state index contributed by atoms with van der Waals surface area (Å²) >= 11 is 0. The van der Waals surface area contributed by atoms with E-state index in [0.717, 1.165) is 36.3 Å². The van der Waals surface area contributed by atoms with Crippen molar-refractivity contribution >= 4 is 5.97 Å². The Morgan fingerprint density at radius 2 is 0.938 bits per heavy atom. The summed E-state index contributed by atoms with van der Waals surface area (Å²) < 4.78 is 17.3. The van der Waals surface area contributed by atoms with Gasteiger partial charge in [-0.05, 0) is 72.9 Å². The number of benzene rings is 3. The number of ether oxygens (including phenoxy) is 3. The number of unbranched alkanes of at least 4 members (excludes halogenated alkanes) is 17. The average molecular weight is 657 g/mol. The molecule has 0 aromatic heterocycles. The minimum atomic E-state index is -0.375. The Bertz CT molecular complexity index is 1220. The van der Waals surface area contributed by atoms with Crippen LogP contribution in [0, 0.1) is 0 Å². The Labute approximate surface area is 293 Å². The molecule has 0 aliphatic heterocycles. The zero-order valence-corrected chi connectivity index (χ0v) is 30.5. The van der Waals surface area contributed by atoms with Gasteiger partial charge in [0.1, 0.15) is 11.5 Å². The lowest BCUT2D eigenvalue weighted by atomic mass is 10.0. The number of hydrogen-bond donors (Lipinski definition) is 0. The zero-order chi connectivity index (χ0) is 34.1. The van der Waals surface area contributed by atoms with Crippen LogP contribution < -0.4 is 9.47 Å². The van der Waals surface area contributed by atoms with Gasteiger partial charge in [0.05, 0.1) is 18.3 Å². The highest BCUT2D eigenvalue weighted by Crippen LogP contribution is 2.25. The summed E-state index contributed by atoms with van der Waals surface area (Å²) in [5.74, 6) is 0.897. The van der Waals surface area contributed by atoms with Crippen molar-refractivity contribution in [2.45, 2.75) is 149 Å². The van der Waals surface area contributed by atoms with Gasteiger partial charge in [-0.2, -0.15) is 0 Å². The third-order valence-electron chi connectivity index (χ3n) is 9.21. The number of esters is 1. The van der Waals surface area contributed by atoms with Gasteiger partial charge in [0, 0.05) is 6.61 Å². The smallest absolute Gasteiger partial charge is 0.343 e. The molecule has 1 unspecified atom stereocenters. The minimum Gasteiger partial charge on any atom is -0.494 e. The molecule has 264 valence electrons. The molecule has 0 radical (unpaired) electrons. The lowest BCUT2D eigenvalue weighted by Gasteiger charge is -2.14. The second-order valence-corrected chi connectivity index (χ2v) is 13.4. The first kappa shape index (κ1) is 39.3. The Kier molecular flexibility index (Phi) is 20.4. The van der Waals surface area contributed by atoms with Gasteiger partial charge in [-0.15, -0.1) is 0 Å². The maximum absolute atomic E-state index is 12.6. The molecule has 48 heavy (non-hydrogen) atoms. The Morgan fingerprint density at radius 3 is 1.42 bits per heavy atom. The molecule has 0 amide bonds. The fraction of sp³-hybridized carbons (Fsp3) is 0.568. The van der Waals surface area contributed by atoms with E-state index < -0.39 is 0 Å². The summed E-state index contributed by atoms with van der Waals surface area (Å²) in [6.07, 6.45) is 26.1. The van der Waals surface area contributed by atoms with Crippen molar-refractivity contribution < 1.29 is 19.0 Å². The maximum Gasteiger partial charge on any atom is 0.343 e. The van der Waals surface area contributed by atoms with E-state index in [1.165, 1.54) is 115 Å². The average Bonchev–Trinajstić information content (AvgIpc) is 3.12. The van der Waals surface area contributed by atoms with Crippen LogP contribution in [0.5, 0.6) is 11.5 Å². The third-order valence-corrected chi connectivity index (χ3v) is 9.21. The van der Waals surface area contributed by atoms with Gasteiger partial charge in [0.2, 0.25) is 0 Å². The summed E-state index contributed by atoms with van der Waals surface area (Å²) in [7, 11) is 0. The van der Waals surface area contributed by atoms with Crippen molar-refractivity contribution in [3.8, 4) is 22.6 Å². The normalized spacial score (nSPS) is 11.8. The van der Waals surface area contributed by atoms with Crippen LogP contribution in [-0.4, -0.2) is 19.2 Å². The molecule has 0 saturated carbocycles. The van der Waals surface area contributed by atoms with Gasteiger partial charge < -0.3 is 14.2 Å². The van der Waals surface area contributed by atoms with Crippen LogP contribution in [0.2, 0.25) is 0 Å². The Balaban J connectivity index is 1.21. The van der Waals surface area contributed by atoms with Crippen LogP contribution in [0.4, 0.5) is 0 Å². The van der Waals surface area contributed by atoms with Gasteiger partial charge in [-0.1, -0.05) is 159 Å². The van der Waals surface area contributed by atoms with E-state index >= 15 is 0 Å². The molecular formula is C44H64O4. The molecule has 0 saturated heterocycles. The molecule has 0 aliphatic rings. The van der Waals surface area contributed by atoms with Crippen LogP contribution in [-0.2, 0) is 4.74 Å². The fourth-order valence-electron chi connectivity index (χ4n) is 6.10. The van der Waals surface area contributed by atoms with Crippen molar-refractivity contribution in [1.82, 2.24) is 0 Å². The highest BCUT2D eigenvalue weighted by atomic mass is 16.5. The summed E-state index contributed by atoms with van der Waals surface area (Å²) in [6.45, 7) is 7.98. The lowest BCUT2D eigenvalue weighted by molar-refractivity contribution is 0.0627. The van der Waals surface area contributed by atoms with Gasteiger partial charge in [-0.3, -0.25) is 0 Å². The van der Waals surface area contributed by atoms with Crippen molar-refractivity contribution in [3.05, 3.63) is 83.9 Å². The first-order valence-corrected chi connectivity index (χ1v) is 19.4. The first-order chi connectivity index (χ1) is 23.6. The van der Waals surface area contributed by atoms with Crippen LogP contribution in [0.25, 0.3) is 11.1 Å². The van der Waals surface area contributed by atoms with E-state index in [2.05, 4.69) is 45.0 Å². The van der Waals surface area contributed by atoms with E-state index in [4.69, 9.17) is 14.2 Å². The van der Waals surface area contributed by atoms with E-state index in [1.54, 1.807) is 12.1 Å². The molecule has 0 bridgehead atoms. The SMILES string of the molecule is CCCCCCCCCCCCCCCCCCCCOC(C)c1ccc(-c2ccc(C(=O)Oc3ccc(OCCC)cc3)cc2)cc1. The second-order valence-electron chi connectivity index (χ2n) is 13.4. The molecule has 1 atom stereocenters. The topological polar surface area (TPSA) is 44.8 Å². The van der Waals surface area contributed by atoms with Crippen LogP contribution in [0.15, 0.2) is 72.8 Å². The van der Waals surface area contributed by atoms with Gasteiger partial charge in [-0.25, -0.2) is 4.79 Å². The molecular weight excluding hydrogens is 592 g/mol. The molecule has 0 spiro atoms. The monoisotopic (exact) mass is 656 g/mol. The summed E-state index contributed by atoms with van der Waals surface area (Å²) in [5, 5.41) is 0. The molecule has 4 nitrogen and oxygen atoms in total. The van der Waals surface area contributed by atoms with Crippen molar-refractivity contribution in [2.75, 3.05) is 13.2 Å². The van der Waals surface area contributed by atoms with Crippen LogP contribution in [0.3, 0.4) is 0 Å². The Morgan fingerprint density at radius 1 is 0.500 bits per heavy atom. The largest absolute Gasteiger partial charge is 0.494 e. The second kappa shape index (κ2) is 24.9. The van der Waals surface area contributed by atoms with E-state index in [1.807, 2.05) is 36.4 Å². The first-order valence-electron chi connectivity index (χ1n) is 19.4. The number of carbonyl (C=O) groups is 1. The molecule has 4 heteroatoms. The van der Waals surface area contributed by atoms with Crippen molar-refractivity contribution in [1.29, 1.82) is 0 Å². The highest BCUT2D eigenvalue weighted by Gasteiger charge is 2.11. The molecule has 0 heterocycles. The summed E-state index contributed by atoms with van der Waals surface area (Å²) in [6, 6.07) is 23.2. The predicted octanol–water partition coefficient (Wildman–Crippen LogP) is 13.5. The van der Waals surface area contributed by atoms with Crippen LogP contribution >= 0.6 is 0 Å². The highest BCUT2D eigenvalue weighted by molar-refractivity contribution is 5.91.